The van der Waals surface area contributed by atoms with Gasteiger partial charge in [0.25, 0.3) is 0 Å². The molecule has 0 spiro atoms. The zero-order valence-electron chi connectivity index (χ0n) is 11.6. The molecule has 2 aromatic heterocycles. The Hall–Kier alpha value is -1.70. The molecule has 0 atom stereocenters. The Morgan fingerprint density at radius 2 is 1.90 bits per heavy atom. The molecule has 2 N–H and O–H groups in total. The normalized spacial score (nSPS) is 10.6. The minimum Gasteiger partial charge on any atom is -0.369 e. The summed E-state index contributed by atoms with van der Waals surface area (Å²) in [4.78, 5) is 8.45. The van der Waals surface area contributed by atoms with Gasteiger partial charge in [-0.1, -0.05) is 6.92 Å². The Bertz CT molecular complexity index is 554. The van der Waals surface area contributed by atoms with Crippen molar-refractivity contribution in [3.05, 3.63) is 23.0 Å². The maximum atomic E-state index is 4.24. The molecule has 0 aliphatic heterocycles. The summed E-state index contributed by atoms with van der Waals surface area (Å²) in [7, 11) is 1.93. The van der Waals surface area contributed by atoms with Crippen LogP contribution in [0.5, 0.6) is 0 Å². The first-order valence-electron chi connectivity index (χ1n) is 6.53. The van der Waals surface area contributed by atoms with E-state index in [1.54, 1.807) is 12.7 Å². The number of nitrogens with zero attached hydrogens (tertiary/aromatic N) is 5. The lowest BCUT2D eigenvalue weighted by Crippen LogP contribution is -2.11. The molecule has 2 rings (SSSR count). The molecule has 0 aliphatic carbocycles. The van der Waals surface area contributed by atoms with E-state index in [2.05, 4.69) is 53.7 Å². The summed E-state index contributed by atoms with van der Waals surface area (Å²) in [6.07, 6.45) is 5.08. The molecule has 108 valence electrons. The molecule has 0 radical (unpaired) electrons. The standard InChI is InChI=1S/C12H18BrN7/c1-3-5-14-11-10(13)12(17-7-16-11)15-6-4-9-19-18-8-20(9)2/h7-8H,3-6H2,1-2H3,(H2,14,15,16,17). The number of anilines is 2. The molecular weight excluding hydrogens is 322 g/mol. The van der Waals surface area contributed by atoms with Crippen molar-refractivity contribution < 1.29 is 0 Å². The van der Waals surface area contributed by atoms with Gasteiger partial charge in [-0.3, -0.25) is 0 Å². The molecule has 0 fully saturated rings. The van der Waals surface area contributed by atoms with Crippen molar-refractivity contribution in [1.82, 2.24) is 24.7 Å². The van der Waals surface area contributed by atoms with Gasteiger partial charge in [-0.2, -0.15) is 0 Å². The van der Waals surface area contributed by atoms with E-state index in [9.17, 15) is 0 Å². The third-order valence-electron chi connectivity index (χ3n) is 2.78. The van der Waals surface area contributed by atoms with Gasteiger partial charge in [0.05, 0.1) is 0 Å². The van der Waals surface area contributed by atoms with Crippen LogP contribution in [-0.4, -0.2) is 37.8 Å². The van der Waals surface area contributed by atoms with Gasteiger partial charge in [0.1, 0.15) is 34.6 Å². The highest BCUT2D eigenvalue weighted by atomic mass is 79.9. The van der Waals surface area contributed by atoms with E-state index < -0.39 is 0 Å². The van der Waals surface area contributed by atoms with Gasteiger partial charge < -0.3 is 15.2 Å². The van der Waals surface area contributed by atoms with Crippen molar-refractivity contribution in [2.75, 3.05) is 23.7 Å². The minimum atomic E-state index is 0.732. The molecule has 7 nitrogen and oxygen atoms in total. The van der Waals surface area contributed by atoms with E-state index in [0.717, 1.165) is 47.9 Å². The number of nitrogens with one attached hydrogen (secondary N) is 2. The Kier molecular flexibility index (Phi) is 5.28. The Morgan fingerprint density at radius 3 is 2.50 bits per heavy atom. The second kappa shape index (κ2) is 7.18. The van der Waals surface area contributed by atoms with Gasteiger partial charge in [-0.05, 0) is 22.4 Å². The van der Waals surface area contributed by atoms with Crippen LogP contribution in [0.15, 0.2) is 17.1 Å². The fourth-order valence-electron chi connectivity index (χ4n) is 1.69. The molecular formula is C12H18BrN7. The third-order valence-corrected chi connectivity index (χ3v) is 3.53. The molecule has 0 saturated heterocycles. The predicted octanol–water partition coefficient (Wildman–Crippen LogP) is 1.84. The zero-order chi connectivity index (χ0) is 14.4. The number of aryl methyl sites for hydroxylation is 1. The number of rotatable bonds is 7. The van der Waals surface area contributed by atoms with Crippen LogP contribution in [0.2, 0.25) is 0 Å². The third kappa shape index (κ3) is 3.66. The molecule has 0 aliphatic rings. The van der Waals surface area contributed by atoms with Crippen LogP contribution < -0.4 is 10.6 Å². The summed E-state index contributed by atoms with van der Waals surface area (Å²) in [6.45, 7) is 3.73. The molecule has 0 saturated carbocycles. The summed E-state index contributed by atoms with van der Waals surface area (Å²) in [6, 6.07) is 0. The Morgan fingerprint density at radius 1 is 1.20 bits per heavy atom. The second-order valence-corrected chi connectivity index (χ2v) is 5.14. The van der Waals surface area contributed by atoms with Crippen molar-refractivity contribution in [2.45, 2.75) is 19.8 Å². The van der Waals surface area contributed by atoms with E-state index >= 15 is 0 Å². The topological polar surface area (TPSA) is 80.6 Å². The van der Waals surface area contributed by atoms with E-state index in [-0.39, 0.29) is 0 Å². The van der Waals surface area contributed by atoms with Crippen LogP contribution >= 0.6 is 15.9 Å². The van der Waals surface area contributed by atoms with Crippen LogP contribution in [-0.2, 0) is 13.5 Å². The summed E-state index contributed by atoms with van der Waals surface area (Å²) in [5.41, 5.74) is 0. The lowest BCUT2D eigenvalue weighted by Gasteiger charge is -2.11. The van der Waals surface area contributed by atoms with Crippen molar-refractivity contribution in [3.8, 4) is 0 Å². The highest BCUT2D eigenvalue weighted by Gasteiger charge is 2.08. The first kappa shape index (κ1) is 14.7. The van der Waals surface area contributed by atoms with Crippen LogP contribution in [0.4, 0.5) is 11.6 Å². The molecule has 0 unspecified atom stereocenters. The van der Waals surface area contributed by atoms with Gasteiger partial charge in [-0.15, -0.1) is 10.2 Å². The smallest absolute Gasteiger partial charge is 0.145 e. The highest BCUT2D eigenvalue weighted by Crippen LogP contribution is 2.26. The van der Waals surface area contributed by atoms with Gasteiger partial charge in [0.15, 0.2) is 0 Å². The summed E-state index contributed by atoms with van der Waals surface area (Å²) in [5.74, 6) is 2.52. The van der Waals surface area contributed by atoms with Crippen LogP contribution in [0.3, 0.4) is 0 Å². The molecule has 0 aromatic carbocycles. The van der Waals surface area contributed by atoms with Crippen molar-refractivity contribution in [3.63, 3.8) is 0 Å². The van der Waals surface area contributed by atoms with E-state index in [1.807, 2.05) is 11.6 Å². The monoisotopic (exact) mass is 339 g/mol. The Balaban J connectivity index is 1.94. The van der Waals surface area contributed by atoms with Crippen LogP contribution in [0.1, 0.15) is 19.2 Å². The molecule has 2 aromatic rings. The van der Waals surface area contributed by atoms with Gasteiger partial charge in [-0.25, -0.2) is 9.97 Å². The highest BCUT2D eigenvalue weighted by molar-refractivity contribution is 9.10. The molecule has 20 heavy (non-hydrogen) atoms. The SMILES string of the molecule is CCCNc1ncnc(NCCc2nncn2C)c1Br. The Labute approximate surface area is 126 Å². The van der Waals surface area contributed by atoms with Crippen LogP contribution in [0, 0.1) is 0 Å². The summed E-state index contributed by atoms with van der Waals surface area (Å²) >= 11 is 3.52. The fraction of sp³-hybridized carbons (Fsp3) is 0.500. The predicted molar refractivity (Wildman–Crippen MR) is 81.7 cm³/mol. The second-order valence-electron chi connectivity index (χ2n) is 4.35. The number of halogens is 1. The first-order chi connectivity index (χ1) is 9.72. The van der Waals surface area contributed by atoms with Gasteiger partial charge in [0.2, 0.25) is 0 Å². The van der Waals surface area contributed by atoms with Gasteiger partial charge in [0, 0.05) is 26.6 Å². The van der Waals surface area contributed by atoms with E-state index in [4.69, 9.17) is 0 Å². The first-order valence-corrected chi connectivity index (χ1v) is 7.32. The maximum absolute atomic E-state index is 4.24. The lowest BCUT2D eigenvalue weighted by molar-refractivity contribution is 0.787. The number of hydrogen-bond acceptors (Lipinski definition) is 6. The van der Waals surface area contributed by atoms with Crippen molar-refractivity contribution in [2.24, 2.45) is 7.05 Å². The minimum absolute atomic E-state index is 0.732. The zero-order valence-corrected chi connectivity index (χ0v) is 13.2. The average Bonchev–Trinajstić information content (AvgIpc) is 2.85. The van der Waals surface area contributed by atoms with Gasteiger partial charge >= 0.3 is 0 Å². The summed E-state index contributed by atoms with van der Waals surface area (Å²) in [5, 5.41) is 14.4. The molecule has 8 heteroatoms. The van der Waals surface area contributed by atoms with Crippen molar-refractivity contribution >= 4 is 27.6 Å². The van der Waals surface area contributed by atoms with E-state index in [1.165, 1.54) is 0 Å². The summed E-state index contributed by atoms with van der Waals surface area (Å²) < 4.78 is 2.76. The maximum Gasteiger partial charge on any atom is 0.145 e. The fourth-order valence-corrected chi connectivity index (χ4v) is 2.17. The lowest BCUT2D eigenvalue weighted by atomic mass is 10.4. The molecule has 2 heterocycles. The average molecular weight is 340 g/mol. The van der Waals surface area contributed by atoms with Crippen LogP contribution in [0.25, 0.3) is 0 Å². The molecule has 0 amide bonds. The van der Waals surface area contributed by atoms with Crippen molar-refractivity contribution in [1.29, 1.82) is 0 Å². The molecule has 0 bridgehead atoms. The van der Waals surface area contributed by atoms with E-state index in [0.29, 0.717) is 0 Å². The largest absolute Gasteiger partial charge is 0.369 e. The number of hydrogen-bond donors (Lipinski definition) is 2. The number of aromatic nitrogens is 5. The quantitative estimate of drug-likeness (QED) is 0.801.